The maximum Gasteiger partial charge on any atom is 0.0499 e. The minimum Gasteiger partial charge on any atom is -0.289 e. The first-order chi connectivity index (χ1) is 5.95. The van der Waals surface area contributed by atoms with Gasteiger partial charge in [-0.3, -0.25) is 9.98 Å². The van der Waals surface area contributed by atoms with E-state index in [0.717, 1.165) is 5.56 Å². The molecule has 1 saturated carbocycles. The van der Waals surface area contributed by atoms with Crippen LogP contribution in [0.1, 0.15) is 24.8 Å². The molecule has 2 nitrogen and oxygen atoms in total. The van der Waals surface area contributed by atoms with E-state index in [2.05, 4.69) is 9.98 Å². The lowest BCUT2D eigenvalue weighted by Gasteiger charge is -2.20. The van der Waals surface area contributed by atoms with E-state index in [4.69, 9.17) is 0 Å². The van der Waals surface area contributed by atoms with Gasteiger partial charge >= 0.3 is 0 Å². The van der Waals surface area contributed by atoms with Gasteiger partial charge in [-0.25, -0.2) is 0 Å². The van der Waals surface area contributed by atoms with Crippen molar-refractivity contribution in [2.24, 2.45) is 4.99 Å². The highest BCUT2D eigenvalue weighted by Gasteiger charge is 2.14. The lowest BCUT2D eigenvalue weighted by molar-refractivity contribution is 0.421. The van der Waals surface area contributed by atoms with Crippen molar-refractivity contribution >= 4 is 6.21 Å². The van der Waals surface area contributed by atoms with Gasteiger partial charge in [0.05, 0.1) is 0 Å². The topological polar surface area (TPSA) is 25.2 Å². The minimum atomic E-state index is 0.588. The summed E-state index contributed by atoms with van der Waals surface area (Å²) >= 11 is 0. The summed E-state index contributed by atoms with van der Waals surface area (Å²) < 4.78 is 0. The highest BCUT2D eigenvalue weighted by atomic mass is 14.8. The van der Waals surface area contributed by atoms with Crippen LogP contribution < -0.4 is 0 Å². The molecule has 0 amide bonds. The van der Waals surface area contributed by atoms with Gasteiger partial charge in [-0.1, -0.05) is 6.07 Å². The smallest absolute Gasteiger partial charge is 0.0499 e. The fraction of sp³-hybridized carbons (Fsp3) is 0.400. The molecule has 1 fully saturated rings. The summed E-state index contributed by atoms with van der Waals surface area (Å²) in [6.45, 7) is 0. The molecule has 0 aromatic carbocycles. The number of aliphatic imine (C=N–C) groups is 1. The standard InChI is InChI=1S/C10H12N2/c1-4-10(5-1)12-8-9-3-2-6-11-7-9/h2-3,6-8,10H,1,4-5H2. The van der Waals surface area contributed by atoms with Crippen molar-refractivity contribution in [3.63, 3.8) is 0 Å². The first-order valence-electron chi connectivity index (χ1n) is 4.38. The highest BCUT2D eigenvalue weighted by Crippen LogP contribution is 2.21. The molecule has 12 heavy (non-hydrogen) atoms. The number of rotatable bonds is 2. The Hall–Kier alpha value is -1.18. The summed E-state index contributed by atoms with van der Waals surface area (Å²) in [6, 6.07) is 4.54. The molecule has 1 aliphatic rings. The third kappa shape index (κ3) is 1.70. The molecule has 0 N–H and O–H groups in total. The number of nitrogens with zero attached hydrogens (tertiary/aromatic N) is 2. The lowest BCUT2D eigenvalue weighted by Crippen LogP contribution is -2.14. The van der Waals surface area contributed by atoms with Crippen molar-refractivity contribution in [2.45, 2.75) is 25.3 Å². The molecule has 2 heteroatoms. The SMILES string of the molecule is C(=NC1CCC1)c1cccnc1. The van der Waals surface area contributed by atoms with Gasteiger partial charge in [-0.2, -0.15) is 0 Å². The van der Waals surface area contributed by atoms with Crippen LogP contribution in [-0.2, 0) is 0 Å². The second kappa shape index (κ2) is 3.48. The Labute approximate surface area is 72.4 Å². The van der Waals surface area contributed by atoms with E-state index in [1.165, 1.54) is 19.3 Å². The average Bonchev–Trinajstić information content (AvgIpc) is 2.04. The molecular weight excluding hydrogens is 148 g/mol. The third-order valence-corrected chi connectivity index (χ3v) is 2.19. The molecule has 1 heterocycles. The fourth-order valence-corrected chi connectivity index (χ4v) is 1.18. The first kappa shape index (κ1) is 7.47. The van der Waals surface area contributed by atoms with Crippen molar-refractivity contribution in [1.82, 2.24) is 4.98 Å². The van der Waals surface area contributed by atoms with Crippen molar-refractivity contribution in [2.75, 3.05) is 0 Å². The molecule has 0 saturated heterocycles. The molecule has 0 unspecified atom stereocenters. The Kier molecular flexibility index (Phi) is 2.16. The molecule has 0 bridgehead atoms. The average molecular weight is 160 g/mol. The van der Waals surface area contributed by atoms with Gasteiger partial charge in [0, 0.05) is 30.2 Å². The maximum absolute atomic E-state index is 4.43. The Morgan fingerprint density at radius 1 is 1.50 bits per heavy atom. The van der Waals surface area contributed by atoms with Crippen LogP contribution >= 0.6 is 0 Å². The van der Waals surface area contributed by atoms with Crippen LogP contribution in [0.25, 0.3) is 0 Å². The normalized spacial score (nSPS) is 18.0. The van der Waals surface area contributed by atoms with E-state index >= 15 is 0 Å². The van der Waals surface area contributed by atoms with Crippen LogP contribution in [0.4, 0.5) is 0 Å². The summed E-state index contributed by atoms with van der Waals surface area (Å²) in [7, 11) is 0. The number of hydrogen-bond donors (Lipinski definition) is 0. The number of aromatic nitrogens is 1. The van der Waals surface area contributed by atoms with Crippen LogP contribution in [0.5, 0.6) is 0 Å². The van der Waals surface area contributed by atoms with E-state index in [1.807, 2.05) is 24.5 Å². The predicted molar refractivity (Wildman–Crippen MR) is 49.5 cm³/mol. The van der Waals surface area contributed by atoms with Gasteiger partial charge in [0.15, 0.2) is 0 Å². The summed E-state index contributed by atoms with van der Waals surface area (Å²) in [6.07, 6.45) is 9.41. The minimum absolute atomic E-state index is 0.588. The van der Waals surface area contributed by atoms with Crippen LogP contribution in [0.3, 0.4) is 0 Å². The number of hydrogen-bond acceptors (Lipinski definition) is 2. The molecule has 0 spiro atoms. The molecule has 62 valence electrons. The van der Waals surface area contributed by atoms with Gasteiger partial charge in [-0.15, -0.1) is 0 Å². The molecule has 1 aromatic rings. The predicted octanol–water partition coefficient (Wildman–Crippen LogP) is 2.05. The lowest BCUT2D eigenvalue weighted by atomic mass is 9.94. The molecular formula is C10H12N2. The molecule has 0 radical (unpaired) electrons. The van der Waals surface area contributed by atoms with Gasteiger partial charge in [0.2, 0.25) is 0 Å². The molecule has 1 aliphatic carbocycles. The molecule has 1 aromatic heterocycles. The van der Waals surface area contributed by atoms with Crippen molar-refractivity contribution in [3.05, 3.63) is 30.1 Å². The van der Waals surface area contributed by atoms with E-state index in [0.29, 0.717) is 6.04 Å². The Bertz CT molecular complexity index is 262. The van der Waals surface area contributed by atoms with E-state index in [9.17, 15) is 0 Å². The summed E-state index contributed by atoms with van der Waals surface area (Å²) in [4.78, 5) is 8.45. The second-order valence-corrected chi connectivity index (χ2v) is 3.15. The summed E-state index contributed by atoms with van der Waals surface area (Å²) in [5.41, 5.74) is 1.10. The largest absolute Gasteiger partial charge is 0.289 e. The zero-order valence-corrected chi connectivity index (χ0v) is 6.98. The van der Waals surface area contributed by atoms with Crippen LogP contribution in [0.2, 0.25) is 0 Å². The van der Waals surface area contributed by atoms with Crippen molar-refractivity contribution < 1.29 is 0 Å². The van der Waals surface area contributed by atoms with E-state index < -0.39 is 0 Å². The highest BCUT2D eigenvalue weighted by molar-refractivity contribution is 5.79. The van der Waals surface area contributed by atoms with E-state index in [-0.39, 0.29) is 0 Å². The quantitative estimate of drug-likeness (QED) is 0.608. The third-order valence-electron chi connectivity index (χ3n) is 2.19. The maximum atomic E-state index is 4.43. The fourth-order valence-electron chi connectivity index (χ4n) is 1.18. The van der Waals surface area contributed by atoms with Crippen LogP contribution in [0.15, 0.2) is 29.5 Å². The zero-order valence-electron chi connectivity index (χ0n) is 6.98. The monoisotopic (exact) mass is 160 g/mol. The summed E-state index contributed by atoms with van der Waals surface area (Å²) in [5.74, 6) is 0. The second-order valence-electron chi connectivity index (χ2n) is 3.15. The van der Waals surface area contributed by atoms with Crippen molar-refractivity contribution in [1.29, 1.82) is 0 Å². The van der Waals surface area contributed by atoms with Gasteiger partial charge in [-0.05, 0) is 25.3 Å². The van der Waals surface area contributed by atoms with Crippen LogP contribution in [0, 0.1) is 0 Å². The molecule has 2 rings (SSSR count). The zero-order chi connectivity index (χ0) is 8.23. The van der Waals surface area contributed by atoms with Crippen molar-refractivity contribution in [3.8, 4) is 0 Å². The Balaban J connectivity index is 1.98. The summed E-state index contributed by atoms with van der Waals surface area (Å²) in [5, 5.41) is 0. The van der Waals surface area contributed by atoms with Gasteiger partial charge in [0.25, 0.3) is 0 Å². The molecule has 0 atom stereocenters. The Morgan fingerprint density at radius 2 is 2.42 bits per heavy atom. The van der Waals surface area contributed by atoms with Gasteiger partial charge < -0.3 is 0 Å². The number of pyridine rings is 1. The molecule has 0 aliphatic heterocycles. The Morgan fingerprint density at radius 3 is 3.00 bits per heavy atom. The first-order valence-corrected chi connectivity index (χ1v) is 4.38. The van der Waals surface area contributed by atoms with Crippen LogP contribution in [-0.4, -0.2) is 17.2 Å². The van der Waals surface area contributed by atoms with E-state index in [1.54, 1.807) is 6.20 Å². The van der Waals surface area contributed by atoms with Gasteiger partial charge in [0.1, 0.15) is 0 Å².